The average Bonchev–Trinajstić information content (AvgIpc) is 3.37. The van der Waals surface area contributed by atoms with Crippen molar-refractivity contribution in [2.45, 2.75) is 19.4 Å². The van der Waals surface area contributed by atoms with Crippen molar-refractivity contribution in [2.24, 2.45) is 0 Å². The summed E-state index contributed by atoms with van der Waals surface area (Å²) in [5.74, 6) is 0.965. The predicted octanol–water partition coefficient (Wildman–Crippen LogP) is 5.82. The number of imidazole rings is 1. The van der Waals surface area contributed by atoms with E-state index in [4.69, 9.17) is 28.2 Å². The standard InChI is InChI=1S/C22H19Cl2N3OS/c23-16-10-9-15(13-17(16)24)14-27-19-6-2-1-5-18(19)26-21(27)8-3-11-25-22(28)20-7-4-12-29-20/h1-2,4-7,9-10,12-13H,3,8,11,14H2,(H,25,28). The van der Waals surface area contributed by atoms with Gasteiger partial charge in [0.1, 0.15) is 5.82 Å². The topological polar surface area (TPSA) is 46.9 Å². The number of aryl methyl sites for hydroxylation is 1. The van der Waals surface area contributed by atoms with Crippen LogP contribution >= 0.6 is 34.5 Å². The van der Waals surface area contributed by atoms with Gasteiger partial charge in [0, 0.05) is 19.5 Å². The van der Waals surface area contributed by atoms with E-state index < -0.39 is 0 Å². The van der Waals surface area contributed by atoms with Gasteiger partial charge in [-0.15, -0.1) is 11.3 Å². The molecule has 0 spiro atoms. The van der Waals surface area contributed by atoms with Crippen LogP contribution in [0.3, 0.4) is 0 Å². The molecule has 0 fully saturated rings. The van der Waals surface area contributed by atoms with E-state index in [2.05, 4.69) is 16.0 Å². The third-order valence-electron chi connectivity index (χ3n) is 4.67. The molecule has 4 rings (SSSR count). The first-order chi connectivity index (χ1) is 14.1. The highest BCUT2D eigenvalue weighted by molar-refractivity contribution is 7.12. The Bertz CT molecular complexity index is 1140. The zero-order chi connectivity index (χ0) is 20.2. The van der Waals surface area contributed by atoms with Gasteiger partial charge in [0.15, 0.2) is 0 Å². The number of nitrogens with zero attached hydrogens (tertiary/aromatic N) is 2. The molecular formula is C22H19Cl2N3OS. The van der Waals surface area contributed by atoms with E-state index in [1.807, 2.05) is 53.9 Å². The number of nitrogens with one attached hydrogen (secondary N) is 1. The van der Waals surface area contributed by atoms with Crippen LogP contribution in [0.15, 0.2) is 60.0 Å². The molecule has 7 heteroatoms. The summed E-state index contributed by atoms with van der Waals surface area (Å²) in [5.41, 5.74) is 3.11. The number of thiophene rings is 1. The van der Waals surface area contributed by atoms with Crippen molar-refractivity contribution < 1.29 is 4.79 Å². The maximum atomic E-state index is 12.1. The second kappa shape index (κ2) is 8.99. The second-order valence-corrected chi connectivity index (χ2v) is 8.45. The smallest absolute Gasteiger partial charge is 0.261 e. The number of benzene rings is 2. The van der Waals surface area contributed by atoms with Crippen LogP contribution in [0.2, 0.25) is 10.0 Å². The molecule has 4 nitrogen and oxygen atoms in total. The molecule has 148 valence electrons. The maximum absolute atomic E-state index is 12.1. The fourth-order valence-electron chi connectivity index (χ4n) is 3.26. The van der Waals surface area contributed by atoms with Crippen LogP contribution < -0.4 is 5.32 Å². The molecule has 0 radical (unpaired) electrons. The van der Waals surface area contributed by atoms with E-state index in [9.17, 15) is 4.79 Å². The summed E-state index contributed by atoms with van der Waals surface area (Å²) in [6.07, 6.45) is 1.57. The molecule has 0 aliphatic heterocycles. The average molecular weight is 444 g/mol. The van der Waals surface area contributed by atoms with Gasteiger partial charge in [-0.2, -0.15) is 0 Å². The van der Waals surface area contributed by atoms with Crippen molar-refractivity contribution in [3.63, 3.8) is 0 Å². The first kappa shape index (κ1) is 20.0. The molecule has 0 unspecified atom stereocenters. The van der Waals surface area contributed by atoms with E-state index in [1.165, 1.54) is 11.3 Å². The number of rotatable bonds is 7. The summed E-state index contributed by atoms with van der Waals surface area (Å²) in [6.45, 7) is 1.26. The molecule has 2 aromatic heterocycles. The van der Waals surface area contributed by atoms with Crippen LogP contribution in [0.1, 0.15) is 27.5 Å². The molecule has 2 aromatic carbocycles. The summed E-state index contributed by atoms with van der Waals surface area (Å²) in [6, 6.07) is 17.5. The Morgan fingerprint density at radius 2 is 1.93 bits per heavy atom. The fourth-order valence-corrected chi connectivity index (χ4v) is 4.22. The maximum Gasteiger partial charge on any atom is 0.261 e. The number of hydrogen-bond donors (Lipinski definition) is 1. The van der Waals surface area contributed by atoms with E-state index in [0.717, 1.165) is 40.1 Å². The Kier molecular flexibility index (Phi) is 6.19. The second-order valence-electron chi connectivity index (χ2n) is 6.69. The van der Waals surface area contributed by atoms with Gasteiger partial charge in [0.25, 0.3) is 5.91 Å². The summed E-state index contributed by atoms with van der Waals surface area (Å²) in [5, 5.41) is 5.97. The number of fused-ring (bicyclic) bond motifs is 1. The quantitative estimate of drug-likeness (QED) is 0.366. The Labute approximate surface area is 183 Å². The lowest BCUT2D eigenvalue weighted by Crippen LogP contribution is -2.24. The van der Waals surface area contributed by atoms with Crippen molar-refractivity contribution >= 4 is 51.5 Å². The SMILES string of the molecule is O=C(NCCCc1nc2ccccc2n1Cc1ccc(Cl)c(Cl)c1)c1cccs1. The van der Waals surface area contributed by atoms with Gasteiger partial charge in [-0.1, -0.05) is 47.5 Å². The molecule has 1 N–H and O–H groups in total. The zero-order valence-electron chi connectivity index (χ0n) is 15.6. The lowest BCUT2D eigenvalue weighted by atomic mass is 10.2. The van der Waals surface area contributed by atoms with Crippen molar-refractivity contribution in [3.8, 4) is 0 Å². The highest BCUT2D eigenvalue weighted by atomic mass is 35.5. The van der Waals surface area contributed by atoms with Crippen molar-refractivity contribution in [3.05, 3.63) is 86.3 Å². The first-order valence-corrected chi connectivity index (χ1v) is 10.9. The number of hydrogen-bond acceptors (Lipinski definition) is 3. The number of carbonyl (C=O) groups is 1. The fraction of sp³-hybridized carbons (Fsp3) is 0.182. The largest absolute Gasteiger partial charge is 0.351 e. The van der Waals surface area contributed by atoms with E-state index in [1.54, 1.807) is 0 Å². The van der Waals surface area contributed by atoms with E-state index >= 15 is 0 Å². The Morgan fingerprint density at radius 3 is 2.72 bits per heavy atom. The highest BCUT2D eigenvalue weighted by Crippen LogP contribution is 2.25. The van der Waals surface area contributed by atoms with Crippen LogP contribution in [0.25, 0.3) is 11.0 Å². The van der Waals surface area contributed by atoms with Crippen LogP contribution in [0.5, 0.6) is 0 Å². The molecule has 0 saturated heterocycles. The third-order valence-corrected chi connectivity index (χ3v) is 6.27. The summed E-state index contributed by atoms with van der Waals surface area (Å²) in [4.78, 5) is 17.6. The summed E-state index contributed by atoms with van der Waals surface area (Å²) < 4.78 is 2.20. The number of carbonyl (C=O) groups excluding carboxylic acids is 1. The number of halogens is 2. The normalized spacial score (nSPS) is 11.1. The lowest BCUT2D eigenvalue weighted by Gasteiger charge is -2.11. The Hall–Kier alpha value is -2.34. The lowest BCUT2D eigenvalue weighted by molar-refractivity contribution is 0.0957. The van der Waals surface area contributed by atoms with Crippen molar-refractivity contribution in [2.75, 3.05) is 6.54 Å². The molecule has 1 amide bonds. The Morgan fingerprint density at radius 1 is 1.07 bits per heavy atom. The molecule has 4 aromatic rings. The molecular weight excluding hydrogens is 425 g/mol. The van der Waals surface area contributed by atoms with Gasteiger partial charge >= 0.3 is 0 Å². The first-order valence-electron chi connectivity index (χ1n) is 9.31. The van der Waals surface area contributed by atoms with E-state index in [0.29, 0.717) is 23.1 Å². The van der Waals surface area contributed by atoms with Gasteiger partial charge in [0.2, 0.25) is 0 Å². The molecule has 0 bridgehead atoms. The van der Waals surface area contributed by atoms with Crippen LogP contribution in [-0.2, 0) is 13.0 Å². The van der Waals surface area contributed by atoms with Crippen molar-refractivity contribution in [1.82, 2.24) is 14.9 Å². The molecule has 2 heterocycles. The van der Waals surface area contributed by atoms with Crippen molar-refractivity contribution in [1.29, 1.82) is 0 Å². The van der Waals surface area contributed by atoms with Gasteiger partial charge in [-0.25, -0.2) is 4.98 Å². The Balaban J connectivity index is 1.49. The summed E-state index contributed by atoms with van der Waals surface area (Å²) in [7, 11) is 0. The monoisotopic (exact) mass is 443 g/mol. The zero-order valence-corrected chi connectivity index (χ0v) is 17.9. The number of amides is 1. The predicted molar refractivity (Wildman–Crippen MR) is 120 cm³/mol. The van der Waals surface area contributed by atoms with E-state index in [-0.39, 0.29) is 5.91 Å². The molecule has 0 aliphatic rings. The van der Waals surface area contributed by atoms with Crippen LogP contribution in [0.4, 0.5) is 0 Å². The summed E-state index contributed by atoms with van der Waals surface area (Å²) >= 11 is 13.7. The van der Waals surface area contributed by atoms with Gasteiger partial charge < -0.3 is 9.88 Å². The van der Waals surface area contributed by atoms with Gasteiger partial charge in [-0.05, 0) is 47.7 Å². The van der Waals surface area contributed by atoms with Crippen LogP contribution in [-0.4, -0.2) is 22.0 Å². The van der Waals surface area contributed by atoms with Gasteiger partial charge in [0.05, 0.1) is 26.0 Å². The minimum Gasteiger partial charge on any atom is -0.351 e. The minimum absolute atomic E-state index is 0.0238. The highest BCUT2D eigenvalue weighted by Gasteiger charge is 2.12. The third kappa shape index (κ3) is 4.64. The number of para-hydroxylation sites is 2. The molecule has 0 aliphatic carbocycles. The van der Waals surface area contributed by atoms with Crippen LogP contribution in [0, 0.1) is 0 Å². The molecule has 29 heavy (non-hydrogen) atoms. The molecule has 0 atom stereocenters. The van der Waals surface area contributed by atoms with Gasteiger partial charge in [-0.3, -0.25) is 4.79 Å². The molecule has 0 saturated carbocycles. The number of aromatic nitrogens is 2. The minimum atomic E-state index is -0.0238.